The average Bonchev–Trinajstić information content (AvgIpc) is 3.00. The fraction of sp³-hybridized carbons (Fsp3) is 0.562. The lowest BCUT2D eigenvalue weighted by molar-refractivity contribution is 0.0377. The lowest BCUT2D eigenvalue weighted by atomic mass is 10.3. The Morgan fingerprint density at radius 2 is 2.17 bits per heavy atom. The number of nitrogens with zero attached hydrogens (tertiary/aromatic N) is 4. The lowest BCUT2D eigenvalue weighted by Gasteiger charge is -2.26. The third-order valence-electron chi connectivity index (χ3n) is 3.60. The van der Waals surface area contributed by atoms with Crippen LogP contribution in [-0.4, -0.2) is 66.2 Å². The van der Waals surface area contributed by atoms with Crippen molar-refractivity contribution in [1.29, 1.82) is 0 Å². The Balaban J connectivity index is 1.72. The van der Waals surface area contributed by atoms with E-state index in [1.54, 1.807) is 0 Å². The van der Waals surface area contributed by atoms with Crippen molar-refractivity contribution in [2.45, 2.75) is 19.8 Å². The molecule has 0 aromatic carbocycles. The molecule has 2 rings (SSSR count). The molecule has 132 valence electrons. The fourth-order valence-corrected chi connectivity index (χ4v) is 2.42. The maximum absolute atomic E-state index is 5.92. The van der Waals surface area contributed by atoms with Gasteiger partial charge in [0.25, 0.3) is 0 Å². The molecule has 0 spiro atoms. The fourth-order valence-electron chi connectivity index (χ4n) is 2.42. The van der Waals surface area contributed by atoms with E-state index in [0.717, 1.165) is 45.0 Å². The van der Waals surface area contributed by atoms with E-state index >= 15 is 0 Å². The number of ether oxygens (including phenoxy) is 1. The number of allylic oxidation sites excluding steroid dienone is 1. The zero-order chi connectivity index (χ0) is 17.2. The van der Waals surface area contributed by atoms with Gasteiger partial charge in [-0.2, -0.15) is 5.10 Å². The molecule has 0 saturated carbocycles. The molecule has 1 aliphatic heterocycles. The standard InChI is InChI=1S/C16H27N7O/c1-2-4-13-11-16(22-21-13)20-15(18)12-14(17)19-5-3-6-23-7-9-24-10-8-23/h2,4,11H,3,5-10,12H2,1H3,(H2,17,19)(H3,18,20,21,22)/b4-2+. The summed E-state index contributed by atoms with van der Waals surface area (Å²) in [6.45, 7) is 7.29. The topological polar surface area (TPSA) is 118 Å². The zero-order valence-corrected chi connectivity index (χ0v) is 14.2. The van der Waals surface area contributed by atoms with Crippen LogP contribution in [0.1, 0.15) is 25.5 Å². The zero-order valence-electron chi connectivity index (χ0n) is 14.2. The number of nitrogens with two attached hydrogens (primary N) is 2. The molecule has 1 aromatic heterocycles. The average molecular weight is 333 g/mol. The molecule has 8 nitrogen and oxygen atoms in total. The van der Waals surface area contributed by atoms with Crippen LogP contribution < -0.4 is 11.5 Å². The molecule has 0 radical (unpaired) electrons. The maximum atomic E-state index is 5.92. The first kappa shape index (κ1) is 18.2. The number of aliphatic imine (C=N–C) groups is 2. The molecule has 0 atom stereocenters. The Morgan fingerprint density at radius 3 is 2.92 bits per heavy atom. The molecule has 1 aromatic rings. The van der Waals surface area contributed by atoms with Crippen molar-refractivity contribution in [3.05, 3.63) is 17.8 Å². The number of H-pyrrole nitrogens is 1. The van der Waals surface area contributed by atoms with E-state index in [1.165, 1.54) is 0 Å². The van der Waals surface area contributed by atoms with Crippen LogP contribution in [-0.2, 0) is 4.74 Å². The summed E-state index contributed by atoms with van der Waals surface area (Å²) in [4.78, 5) is 11.0. The molecule has 8 heteroatoms. The van der Waals surface area contributed by atoms with E-state index in [9.17, 15) is 0 Å². The molecular weight excluding hydrogens is 306 g/mol. The van der Waals surface area contributed by atoms with E-state index in [2.05, 4.69) is 25.1 Å². The number of amidine groups is 2. The van der Waals surface area contributed by atoms with Crippen LogP contribution in [0.15, 0.2) is 22.1 Å². The Labute approximate surface area is 142 Å². The van der Waals surface area contributed by atoms with Gasteiger partial charge in [0.2, 0.25) is 0 Å². The van der Waals surface area contributed by atoms with Gasteiger partial charge in [-0.1, -0.05) is 6.08 Å². The monoisotopic (exact) mass is 333 g/mol. The van der Waals surface area contributed by atoms with Gasteiger partial charge in [-0.15, -0.1) is 0 Å². The first-order valence-corrected chi connectivity index (χ1v) is 8.27. The second-order valence-electron chi connectivity index (χ2n) is 5.64. The predicted molar refractivity (Wildman–Crippen MR) is 97.6 cm³/mol. The molecule has 24 heavy (non-hydrogen) atoms. The van der Waals surface area contributed by atoms with Crippen molar-refractivity contribution >= 4 is 23.6 Å². The minimum Gasteiger partial charge on any atom is -0.387 e. The quantitative estimate of drug-likeness (QED) is 0.371. The van der Waals surface area contributed by atoms with Crippen molar-refractivity contribution in [1.82, 2.24) is 15.1 Å². The Kier molecular flexibility index (Phi) is 7.44. The Bertz CT molecular complexity index is 585. The van der Waals surface area contributed by atoms with E-state index < -0.39 is 0 Å². The third kappa shape index (κ3) is 6.51. The van der Waals surface area contributed by atoms with Gasteiger partial charge >= 0.3 is 0 Å². The summed E-state index contributed by atoms with van der Waals surface area (Å²) in [5, 5.41) is 6.93. The van der Waals surface area contributed by atoms with Gasteiger partial charge < -0.3 is 16.2 Å². The largest absolute Gasteiger partial charge is 0.387 e. The van der Waals surface area contributed by atoms with Crippen molar-refractivity contribution < 1.29 is 4.74 Å². The van der Waals surface area contributed by atoms with Crippen molar-refractivity contribution in [3.63, 3.8) is 0 Å². The first-order valence-electron chi connectivity index (χ1n) is 8.27. The highest BCUT2D eigenvalue weighted by Crippen LogP contribution is 2.10. The van der Waals surface area contributed by atoms with Crippen LogP contribution in [0.4, 0.5) is 5.82 Å². The summed E-state index contributed by atoms with van der Waals surface area (Å²) in [6, 6.07) is 1.82. The molecule has 0 unspecified atom stereocenters. The van der Waals surface area contributed by atoms with Crippen molar-refractivity contribution in [2.24, 2.45) is 21.5 Å². The summed E-state index contributed by atoms with van der Waals surface area (Å²) in [5.74, 6) is 1.45. The molecule has 1 fully saturated rings. The molecule has 0 amide bonds. The Hall–Kier alpha value is -2.19. The number of hydrogen-bond donors (Lipinski definition) is 3. The number of aromatic nitrogens is 2. The van der Waals surface area contributed by atoms with Crippen LogP contribution in [0.2, 0.25) is 0 Å². The molecular formula is C16H27N7O. The number of hydrogen-bond acceptors (Lipinski definition) is 5. The molecule has 2 heterocycles. The summed E-state index contributed by atoms with van der Waals surface area (Å²) in [7, 11) is 0. The number of nitrogens with one attached hydrogen (secondary N) is 1. The summed E-state index contributed by atoms with van der Waals surface area (Å²) >= 11 is 0. The van der Waals surface area contributed by atoms with Gasteiger partial charge in [-0.25, -0.2) is 4.99 Å². The van der Waals surface area contributed by atoms with Gasteiger partial charge in [0, 0.05) is 32.2 Å². The van der Waals surface area contributed by atoms with Gasteiger partial charge in [0.05, 0.1) is 25.3 Å². The molecule has 0 bridgehead atoms. The van der Waals surface area contributed by atoms with E-state index in [4.69, 9.17) is 16.2 Å². The highest BCUT2D eigenvalue weighted by atomic mass is 16.5. The van der Waals surface area contributed by atoms with Crippen molar-refractivity contribution in [2.75, 3.05) is 39.4 Å². The van der Waals surface area contributed by atoms with Crippen LogP contribution in [0.3, 0.4) is 0 Å². The number of aromatic amines is 1. The SMILES string of the molecule is C/C=C/c1cc(N=C(N)CC(N)=NCCCN2CCOCC2)n[nH]1. The van der Waals surface area contributed by atoms with Gasteiger partial charge in [0.1, 0.15) is 11.7 Å². The van der Waals surface area contributed by atoms with Gasteiger partial charge in [-0.05, 0) is 19.4 Å². The molecule has 1 saturated heterocycles. The predicted octanol–water partition coefficient (Wildman–Crippen LogP) is 0.901. The summed E-state index contributed by atoms with van der Waals surface area (Å²) in [5.41, 5.74) is 12.7. The van der Waals surface area contributed by atoms with Crippen LogP contribution in [0, 0.1) is 0 Å². The lowest BCUT2D eigenvalue weighted by Crippen LogP contribution is -2.37. The van der Waals surface area contributed by atoms with E-state index in [0.29, 0.717) is 30.5 Å². The highest BCUT2D eigenvalue weighted by molar-refractivity contribution is 6.01. The molecule has 5 N–H and O–H groups in total. The minimum atomic E-state index is 0.351. The first-order chi connectivity index (χ1) is 11.7. The van der Waals surface area contributed by atoms with Crippen molar-refractivity contribution in [3.8, 4) is 0 Å². The minimum absolute atomic E-state index is 0.351. The van der Waals surface area contributed by atoms with Gasteiger partial charge in [-0.3, -0.25) is 15.0 Å². The van der Waals surface area contributed by atoms with Crippen LogP contribution >= 0.6 is 0 Å². The third-order valence-corrected chi connectivity index (χ3v) is 3.60. The highest BCUT2D eigenvalue weighted by Gasteiger charge is 2.09. The number of rotatable bonds is 8. The molecule has 0 aliphatic carbocycles. The molecule has 1 aliphatic rings. The second kappa shape index (κ2) is 9.84. The van der Waals surface area contributed by atoms with E-state index in [1.807, 2.05) is 25.1 Å². The van der Waals surface area contributed by atoms with E-state index in [-0.39, 0.29) is 0 Å². The summed E-state index contributed by atoms with van der Waals surface area (Å²) in [6.07, 6.45) is 5.16. The van der Waals surface area contributed by atoms with Crippen LogP contribution in [0.25, 0.3) is 6.08 Å². The van der Waals surface area contributed by atoms with Gasteiger partial charge in [0.15, 0.2) is 5.82 Å². The number of morpholine rings is 1. The Morgan fingerprint density at radius 1 is 1.38 bits per heavy atom. The maximum Gasteiger partial charge on any atom is 0.175 e. The second-order valence-corrected chi connectivity index (χ2v) is 5.64. The normalized spacial score (nSPS) is 17.7. The smallest absolute Gasteiger partial charge is 0.175 e. The summed E-state index contributed by atoms with van der Waals surface area (Å²) < 4.78 is 5.32. The van der Waals surface area contributed by atoms with Crippen LogP contribution in [0.5, 0.6) is 0 Å².